The summed E-state index contributed by atoms with van der Waals surface area (Å²) in [6.45, 7) is 4.28. The van der Waals surface area contributed by atoms with Gasteiger partial charge in [0.2, 0.25) is 10.0 Å². The minimum Gasteiger partial charge on any atom is -0.271 e. The van der Waals surface area contributed by atoms with Crippen LogP contribution in [0.1, 0.15) is 29.3 Å². The molecule has 0 amide bonds. The summed E-state index contributed by atoms with van der Waals surface area (Å²) in [4.78, 5) is 0.292. The number of hydrogen-bond acceptors (Lipinski definition) is 3. The maximum Gasteiger partial charge on any atom is 0.246 e. The van der Waals surface area contributed by atoms with Gasteiger partial charge in [0.05, 0.1) is 11.4 Å². The van der Waals surface area contributed by atoms with Crippen LogP contribution in [-0.2, 0) is 17.1 Å². The molecule has 23 heavy (non-hydrogen) atoms. The fourth-order valence-corrected chi connectivity index (χ4v) is 5.14. The molecule has 1 atom stereocenters. The first-order valence-electron chi connectivity index (χ1n) is 7.56. The lowest BCUT2D eigenvalue weighted by molar-refractivity contribution is 0.471. The molecule has 2 heterocycles. The van der Waals surface area contributed by atoms with E-state index in [4.69, 9.17) is 0 Å². The lowest BCUT2D eigenvalue weighted by atomic mass is 9.99. The van der Waals surface area contributed by atoms with Crippen molar-refractivity contribution in [2.24, 2.45) is 7.05 Å². The van der Waals surface area contributed by atoms with E-state index in [1.54, 1.807) is 31.6 Å². The molecule has 0 N–H and O–H groups in total. The Morgan fingerprint density at radius 3 is 2.65 bits per heavy atom. The molecule has 1 aliphatic rings. The van der Waals surface area contributed by atoms with Crippen LogP contribution in [0.4, 0.5) is 4.39 Å². The van der Waals surface area contributed by atoms with E-state index in [0.29, 0.717) is 35.8 Å². The van der Waals surface area contributed by atoms with Crippen LogP contribution < -0.4 is 0 Å². The van der Waals surface area contributed by atoms with Gasteiger partial charge in [-0.25, -0.2) is 12.8 Å². The van der Waals surface area contributed by atoms with Gasteiger partial charge in [0.25, 0.3) is 0 Å². The average Bonchev–Trinajstić information content (AvgIpc) is 3.05. The Kier molecular flexibility index (Phi) is 4.01. The summed E-state index contributed by atoms with van der Waals surface area (Å²) >= 11 is 0. The maximum absolute atomic E-state index is 13.4. The van der Waals surface area contributed by atoms with Gasteiger partial charge in [0, 0.05) is 20.1 Å². The summed E-state index contributed by atoms with van der Waals surface area (Å²) in [5.74, 6) is -0.263. The number of rotatable bonds is 3. The topological polar surface area (TPSA) is 55.2 Å². The highest BCUT2D eigenvalue weighted by Gasteiger charge is 2.36. The molecule has 3 rings (SSSR count). The minimum atomic E-state index is -3.57. The van der Waals surface area contributed by atoms with Gasteiger partial charge in [-0.05, 0) is 43.9 Å². The minimum absolute atomic E-state index is 0.0257. The fraction of sp³-hybridized carbons (Fsp3) is 0.438. The molecule has 1 fully saturated rings. The van der Waals surface area contributed by atoms with Crippen molar-refractivity contribution in [3.63, 3.8) is 0 Å². The van der Waals surface area contributed by atoms with Gasteiger partial charge in [0.15, 0.2) is 0 Å². The van der Waals surface area contributed by atoms with Gasteiger partial charge >= 0.3 is 0 Å². The van der Waals surface area contributed by atoms with Crippen LogP contribution in [0.3, 0.4) is 0 Å². The molecule has 0 bridgehead atoms. The maximum atomic E-state index is 13.4. The number of hydrogen-bond donors (Lipinski definition) is 0. The number of nitrogens with zero attached hydrogens (tertiary/aromatic N) is 3. The Bertz CT molecular complexity index is 845. The Balaban J connectivity index is 1.88. The van der Waals surface area contributed by atoms with Crippen LogP contribution in [0, 0.1) is 19.7 Å². The Morgan fingerprint density at radius 1 is 1.30 bits per heavy atom. The lowest BCUT2D eigenvalue weighted by Gasteiger charge is -2.17. The third-order valence-electron chi connectivity index (χ3n) is 4.51. The van der Waals surface area contributed by atoms with Crippen molar-refractivity contribution in [1.29, 1.82) is 0 Å². The van der Waals surface area contributed by atoms with Gasteiger partial charge in [-0.2, -0.15) is 9.40 Å². The third kappa shape index (κ3) is 2.79. The van der Waals surface area contributed by atoms with E-state index in [1.807, 2.05) is 6.07 Å². The molecule has 2 aromatic rings. The molecule has 124 valence electrons. The summed E-state index contributed by atoms with van der Waals surface area (Å²) in [6, 6.07) is 6.40. The molecule has 1 aromatic carbocycles. The average molecular weight is 337 g/mol. The van der Waals surface area contributed by atoms with Crippen LogP contribution in [0.15, 0.2) is 29.2 Å². The molecule has 0 spiro atoms. The number of aryl methyl sites for hydroxylation is 2. The van der Waals surface area contributed by atoms with Gasteiger partial charge in [-0.3, -0.25) is 4.68 Å². The van der Waals surface area contributed by atoms with Crippen LogP contribution in [0.5, 0.6) is 0 Å². The van der Waals surface area contributed by atoms with Gasteiger partial charge < -0.3 is 0 Å². The van der Waals surface area contributed by atoms with Crippen LogP contribution in [0.2, 0.25) is 0 Å². The zero-order valence-corrected chi connectivity index (χ0v) is 14.3. The van der Waals surface area contributed by atoms with Gasteiger partial charge in [-0.1, -0.05) is 12.1 Å². The van der Waals surface area contributed by atoms with Crippen molar-refractivity contribution in [1.82, 2.24) is 14.1 Å². The Labute approximate surface area is 135 Å². The van der Waals surface area contributed by atoms with Crippen molar-refractivity contribution in [3.8, 4) is 0 Å². The van der Waals surface area contributed by atoms with E-state index >= 15 is 0 Å². The van der Waals surface area contributed by atoms with Crippen molar-refractivity contribution in [3.05, 3.63) is 47.0 Å². The van der Waals surface area contributed by atoms with Crippen molar-refractivity contribution in [2.75, 3.05) is 13.1 Å². The normalized spacial score (nSPS) is 19.4. The zero-order chi connectivity index (χ0) is 16.8. The summed E-state index contributed by atoms with van der Waals surface area (Å²) < 4.78 is 42.3. The van der Waals surface area contributed by atoms with E-state index in [-0.39, 0.29) is 11.7 Å². The highest BCUT2D eigenvalue weighted by atomic mass is 32.2. The second-order valence-electron chi connectivity index (χ2n) is 6.03. The summed E-state index contributed by atoms with van der Waals surface area (Å²) in [7, 11) is -1.84. The van der Waals surface area contributed by atoms with E-state index in [0.717, 1.165) is 5.56 Å². The van der Waals surface area contributed by atoms with Crippen molar-refractivity contribution < 1.29 is 12.8 Å². The van der Waals surface area contributed by atoms with E-state index < -0.39 is 10.0 Å². The first kappa shape index (κ1) is 16.1. The zero-order valence-electron chi connectivity index (χ0n) is 13.5. The molecule has 0 saturated carbocycles. The van der Waals surface area contributed by atoms with E-state index in [9.17, 15) is 12.8 Å². The SMILES string of the molecule is Cc1nn(C)c(C)c1S(=O)(=O)N1CC[C@@H](c2cccc(F)c2)C1. The molecule has 0 aliphatic carbocycles. The molecule has 1 aliphatic heterocycles. The number of halogens is 1. The molecular formula is C16H20FN3O2S. The van der Waals surface area contributed by atoms with Crippen molar-refractivity contribution >= 4 is 10.0 Å². The Hall–Kier alpha value is -1.73. The molecule has 5 nitrogen and oxygen atoms in total. The monoisotopic (exact) mass is 337 g/mol. The number of benzene rings is 1. The number of aromatic nitrogens is 2. The largest absolute Gasteiger partial charge is 0.271 e. The molecule has 0 unspecified atom stereocenters. The van der Waals surface area contributed by atoms with Crippen LogP contribution in [0.25, 0.3) is 0 Å². The molecule has 0 radical (unpaired) electrons. The van der Waals surface area contributed by atoms with Crippen LogP contribution in [-0.4, -0.2) is 35.6 Å². The fourth-order valence-electron chi connectivity index (χ4n) is 3.24. The second kappa shape index (κ2) is 5.72. The highest BCUT2D eigenvalue weighted by molar-refractivity contribution is 7.89. The molecule has 7 heteroatoms. The Morgan fingerprint density at radius 2 is 2.04 bits per heavy atom. The van der Waals surface area contributed by atoms with Gasteiger partial charge in [-0.15, -0.1) is 0 Å². The van der Waals surface area contributed by atoms with Crippen molar-refractivity contribution in [2.45, 2.75) is 31.1 Å². The predicted molar refractivity (Wildman–Crippen MR) is 85.2 cm³/mol. The summed E-state index contributed by atoms with van der Waals surface area (Å²) in [6.07, 6.45) is 0.695. The summed E-state index contributed by atoms with van der Waals surface area (Å²) in [5, 5.41) is 4.20. The highest BCUT2D eigenvalue weighted by Crippen LogP contribution is 2.32. The summed E-state index contributed by atoms with van der Waals surface area (Å²) in [5.41, 5.74) is 2.00. The van der Waals surface area contributed by atoms with Crippen LogP contribution >= 0.6 is 0 Å². The standard InChI is InChI=1S/C16H20FN3O2S/c1-11-16(12(2)19(3)18-11)23(21,22)20-8-7-14(10-20)13-5-4-6-15(17)9-13/h4-6,9,14H,7-8,10H2,1-3H3/t14-/m1/s1. The lowest BCUT2D eigenvalue weighted by Crippen LogP contribution is -2.29. The second-order valence-corrected chi connectivity index (χ2v) is 7.90. The molecular weight excluding hydrogens is 317 g/mol. The number of sulfonamides is 1. The molecule has 1 aromatic heterocycles. The third-order valence-corrected chi connectivity index (χ3v) is 6.63. The molecule has 1 saturated heterocycles. The first-order valence-corrected chi connectivity index (χ1v) is 9.00. The smallest absolute Gasteiger partial charge is 0.246 e. The van der Waals surface area contributed by atoms with Gasteiger partial charge in [0.1, 0.15) is 10.7 Å². The quantitative estimate of drug-likeness (QED) is 0.864. The van der Waals surface area contributed by atoms with E-state index in [2.05, 4.69) is 5.10 Å². The van der Waals surface area contributed by atoms with E-state index in [1.165, 1.54) is 16.4 Å². The first-order chi connectivity index (χ1) is 10.8. The predicted octanol–water partition coefficient (Wildman–Crippen LogP) is 2.35.